The molecule has 0 fully saturated rings. The van der Waals surface area contributed by atoms with E-state index in [0.717, 1.165) is 0 Å². The van der Waals surface area contributed by atoms with Crippen molar-refractivity contribution in [1.29, 1.82) is 0 Å². The summed E-state index contributed by atoms with van der Waals surface area (Å²) in [5.41, 5.74) is 3.79. The zero-order chi connectivity index (χ0) is 59.3. The lowest BCUT2D eigenvalue weighted by molar-refractivity contribution is -0.126. The summed E-state index contributed by atoms with van der Waals surface area (Å²) >= 11 is 0. The van der Waals surface area contributed by atoms with Gasteiger partial charge in [0.25, 0.3) is 0 Å². The van der Waals surface area contributed by atoms with Crippen LogP contribution in [0.3, 0.4) is 0 Å². The Morgan fingerprint density at radius 1 is 0.357 bits per heavy atom. The molecule has 0 aliphatic carbocycles. The van der Waals surface area contributed by atoms with Gasteiger partial charge < -0.3 is 0 Å². The second kappa shape index (κ2) is 50.1. The number of carbonyl (C=O) groups excluding carboxylic acids is 2. The molecule has 0 heterocycles. The third kappa shape index (κ3) is 325. The molecule has 2 heteroatoms. The number of terminal acetylenes is 1. The van der Waals surface area contributed by atoms with Crippen LogP contribution in [0.2, 0.25) is 0 Å². The maximum absolute atomic E-state index is 11.1. The first kappa shape index (κ1) is 98.1. The van der Waals surface area contributed by atoms with E-state index in [4.69, 9.17) is 6.42 Å². The van der Waals surface area contributed by atoms with Crippen molar-refractivity contribution in [2.24, 2.45) is 54.1 Å². The summed E-state index contributed by atoms with van der Waals surface area (Å²) in [5.74, 6) is 2.93. The first-order valence-electron chi connectivity index (χ1n) is 28.0. The molecule has 0 bridgehead atoms. The van der Waals surface area contributed by atoms with Gasteiger partial charge in [0.1, 0.15) is 11.6 Å². The summed E-state index contributed by atoms with van der Waals surface area (Å²) in [4.78, 5) is 21.6. The molecule has 0 saturated carbocycles. The lowest BCUT2D eigenvalue weighted by Gasteiger charge is -2.16. The minimum absolute atomic E-state index is 0. The number of rotatable bonds is 8. The van der Waals surface area contributed by atoms with Crippen molar-refractivity contribution >= 4 is 11.6 Å². The fourth-order valence-electron chi connectivity index (χ4n) is 2.68. The highest BCUT2D eigenvalue weighted by Gasteiger charge is 2.19. The summed E-state index contributed by atoms with van der Waals surface area (Å²) in [6.07, 6.45) is 19.6. The molecule has 0 aromatic carbocycles. The summed E-state index contributed by atoms with van der Waals surface area (Å²) < 4.78 is 0. The zero-order valence-corrected chi connectivity index (χ0v) is 57.4. The molecule has 0 spiro atoms. The van der Waals surface area contributed by atoms with Crippen LogP contribution in [0, 0.1) is 66.5 Å². The van der Waals surface area contributed by atoms with Crippen LogP contribution in [0.15, 0.2) is 0 Å². The van der Waals surface area contributed by atoms with Crippen molar-refractivity contribution in [3.05, 3.63) is 0 Å². The van der Waals surface area contributed by atoms with Gasteiger partial charge >= 0.3 is 0 Å². The van der Waals surface area contributed by atoms with Crippen LogP contribution in [0.5, 0.6) is 0 Å². The smallest absolute Gasteiger partial charge is 0.139 e. The predicted octanol–water partition coefficient (Wildman–Crippen LogP) is 25.6. The number of hydrogen-bond acceptors (Lipinski definition) is 2. The van der Waals surface area contributed by atoms with Gasteiger partial charge in [-0.2, -0.15) is 0 Å². The van der Waals surface area contributed by atoms with E-state index in [1.807, 2.05) is 41.5 Å². The molecule has 436 valence electrons. The monoisotopic (exact) mass is 1000 g/mol. The van der Waals surface area contributed by atoms with Crippen LogP contribution >= 0.6 is 0 Å². The Kier molecular flexibility index (Phi) is 70.2. The van der Waals surface area contributed by atoms with Crippen molar-refractivity contribution in [3.63, 3.8) is 0 Å². The minimum atomic E-state index is -0.225. The highest BCUT2D eigenvalue weighted by molar-refractivity contribution is 5.83. The van der Waals surface area contributed by atoms with Crippen LogP contribution in [-0.2, 0) is 9.59 Å². The standard InChI is InChI=1S/C9H14O.3C8H18.C6H12O.5C5H12.C3H8.CH4/c1-5-6-7-8(10)9(2,3)4;3*1-5-6-7-8(2,3)4;1-5(7)6(2,3)4;5*1-5(2,3)4;1-3-2;/h1H,6-7H2,2-4H3;3*5-7H2,1-4H3;1-4H3;5*1-4H3;3H2,1-2H3;1H4. The molecular weight excluding hydrogens is 849 g/mol. The van der Waals surface area contributed by atoms with E-state index in [9.17, 15) is 9.59 Å². The van der Waals surface area contributed by atoms with Gasteiger partial charge in [-0.15, -0.1) is 12.3 Å². The second-order valence-electron chi connectivity index (χ2n) is 32.9. The van der Waals surface area contributed by atoms with Crippen LogP contribution in [0.25, 0.3) is 0 Å². The molecule has 0 aliphatic rings. The van der Waals surface area contributed by atoms with Crippen molar-refractivity contribution in [2.45, 2.75) is 368 Å². The maximum atomic E-state index is 11.1. The second-order valence-corrected chi connectivity index (χ2v) is 32.9. The molecular formula is C68H152O2. The number of carbonyl (C=O) groups is 2. The lowest BCUT2D eigenvalue weighted by atomic mass is 9.88. The molecule has 0 atom stereocenters. The largest absolute Gasteiger partial charge is 0.299 e. The molecule has 0 saturated heterocycles. The Balaban J connectivity index is -0.0000000534. The normalized spacial score (nSPS) is 11.3. The van der Waals surface area contributed by atoms with Crippen LogP contribution < -0.4 is 0 Å². The van der Waals surface area contributed by atoms with E-state index in [2.05, 4.69) is 241 Å². The third-order valence-electron chi connectivity index (χ3n) is 6.23. The lowest BCUT2D eigenvalue weighted by Crippen LogP contribution is -2.19. The van der Waals surface area contributed by atoms with Crippen LogP contribution in [0.1, 0.15) is 368 Å². The Hall–Kier alpha value is -1.10. The molecule has 0 radical (unpaired) electrons. The summed E-state index contributed by atoms with van der Waals surface area (Å²) in [6.45, 7) is 88.4. The SMILES string of the molecule is C.C#CCCC(=O)C(C)(C)C.CC(=O)C(C)(C)C.CC(C)(C)C.CC(C)(C)C.CC(C)(C)C.CC(C)(C)C.CC(C)(C)C.CCC.CCCCC(C)(C)C.CCCCC(C)(C)C.CCCCC(C)(C)C. The van der Waals surface area contributed by atoms with E-state index in [0.29, 0.717) is 56.2 Å². The number of hydrogen-bond donors (Lipinski definition) is 0. The van der Waals surface area contributed by atoms with Crippen molar-refractivity contribution < 1.29 is 9.59 Å². The van der Waals surface area contributed by atoms with Gasteiger partial charge in [0.15, 0.2) is 0 Å². The van der Waals surface area contributed by atoms with E-state index >= 15 is 0 Å². The first-order chi connectivity index (χ1) is 29.5. The summed E-state index contributed by atoms with van der Waals surface area (Å²) in [7, 11) is 0. The molecule has 0 aliphatic heterocycles. The van der Waals surface area contributed by atoms with Crippen LogP contribution in [0.4, 0.5) is 0 Å². The van der Waals surface area contributed by atoms with Crippen molar-refractivity contribution in [1.82, 2.24) is 0 Å². The molecule has 0 aromatic rings. The average molecular weight is 1000 g/mol. The number of unbranched alkanes of at least 4 members (excludes halogenated alkanes) is 3. The topological polar surface area (TPSA) is 34.1 Å². The van der Waals surface area contributed by atoms with E-state index in [1.165, 1.54) is 64.2 Å². The first-order valence-corrected chi connectivity index (χ1v) is 28.0. The minimum Gasteiger partial charge on any atom is -0.299 e. The Morgan fingerprint density at radius 2 is 0.500 bits per heavy atom. The van der Waals surface area contributed by atoms with Gasteiger partial charge in [-0.3, -0.25) is 9.59 Å². The Morgan fingerprint density at radius 3 is 0.557 bits per heavy atom. The fourth-order valence-corrected chi connectivity index (χ4v) is 2.68. The van der Waals surface area contributed by atoms with E-state index in [-0.39, 0.29) is 29.8 Å². The third-order valence-corrected chi connectivity index (χ3v) is 6.23. The highest BCUT2D eigenvalue weighted by Crippen LogP contribution is 2.23. The quantitative estimate of drug-likeness (QED) is 0.227. The number of ketones is 2. The maximum Gasteiger partial charge on any atom is 0.139 e. The molecule has 2 nitrogen and oxygen atoms in total. The Bertz CT molecular complexity index is 927. The molecule has 0 N–H and O–H groups in total. The molecule has 0 amide bonds. The van der Waals surface area contributed by atoms with E-state index < -0.39 is 0 Å². The molecule has 0 unspecified atom stereocenters. The van der Waals surface area contributed by atoms with Gasteiger partial charge in [-0.25, -0.2) is 0 Å². The average Bonchev–Trinajstić information content (AvgIpc) is 3.00. The van der Waals surface area contributed by atoms with Gasteiger partial charge in [-0.1, -0.05) is 329 Å². The molecule has 70 heavy (non-hydrogen) atoms. The van der Waals surface area contributed by atoms with Crippen molar-refractivity contribution in [2.75, 3.05) is 0 Å². The predicted molar refractivity (Wildman–Crippen MR) is 338 cm³/mol. The summed E-state index contributed by atoms with van der Waals surface area (Å²) in [6, 6.07) is 0. The molecule has 0 rings (SSSR count). The zero-order valence-electron chi connectivity index (χ0n) is 57.4. The Labute approximate surface area is 454 Å². The van der Waals surface area contributed by atoms with Gasteiger partial charge in [0, 0.05) is 23.7 Å². The van der Waals surface area contributed by atoms with Gasteiger partial charge in [-0.05, 0) is 69.5 Å². The number of Topliss-reactive ketones (excluding diaryl/α,β-unsaturated/α-hetero) is 2. The fraction of sp³-hybridized carbons (Fsp3) is 0.941. The van der Waals surface area contributed by atoms with E-state index in [1.54, 1.807) is 6.92 Å². The van der Waals surface area contributed by atoms with Gasteiger partial charge in [0.2, 0.25) is 0 Å². The van der Waals surface area contributed by atoms with Crippen molar-refractivity contribution in [3.8, 4) is 12.3 Å². The van der Waals surface area contributed by atoms with Crippen LogP contribution in [-0.4, -0.2) is 11.6 Å². The highest BCUT2D eigenvalue weighted by atomic mass is 16.1. The molecule has 0 aromatic heterocycles. The summed E-state index contributed by atoms with van der Waals surface area (Å²) in [5, 5.41) is 0. The van der Waals surface area contributed by atoms with Gasteiger partial charge in [0.05, 0.1) is 0 Å².